The van der Waals surface area contributed by atoms with Gasteiger partial charge in [0, 0.05) is 12.7 Å². The number of benzene rings is 1. The Hall–Kier alpha value is -2.14. The SMILES string of the molecule is S=C(NCCCOc1ccccc1)Nc1cccnc1. The van der Waals surface area contributed by atoms with Crippen molar-refractivity contribution < 1.29 is 4.74 Å². The average molecular weight is 287 g/mol. The Morgan fingerprint density at radius 2 is 2.00 bits per heavy atom. The summed E-state index contributed by atoms with van der Waals surface area (Å²) in [5.41, 5.74) is 0.880. The van der Waals surface area contributed by atoms with Crippen LogP contribution < -0.4 is 15.4 Å². The van der Waals surface area contributed by atoms with Crippen LogP contribution in [0.15, 0.2) is 54.9 Å². The molecule has 0 saturated carbocycles. The van der Waals surface area contributed by atoms with Gasteiger partial charge in [0.2, 0.25) is 0 Å². The maximum absolute atomic E-state index is 5.59. The van der Waals surface area contributed by atoms with Crippen molar-refractivity contribution in [1.82, 2.24) is 10.3 Å². The standard InChI is InChI=1S/C15H17N3OS/c20-15(18-13-6-4-9-16-12-13)17-10-5-11-19-14-7-2-1-3-8-14/h1-4,6-9,12H,5,10-11H2,(H2,17,18,20). The first kappa shape index (κ1) is 14.3. The first-order valence-electron chi connectivity index (χ1n) is 6.47. The minimum atomic E-state index is 0.595. The molecule has 0 aliphatic carbocycles. The molecule has 0 spiro atoms. The topological polar surface area (TPSA) is 46.2 Å². The Bertz CT molecular complexity index is 519. The predicted octanol–water partition coefficient (Wildman–Crippen LogP) is 2.84. The van der Waals surface area contributed by atoms with Gasteiger partial charge in [-0.2, -0.15) is 0 Å². The van der Waals surface area contributed by atoms with Crippen molar-refractivity contribution in [2.24, 2.45) is 0 Å². The van der Waals surface area contributed by atoms with E-state index < -0.39 is 0 Å². The van der Waals surface area contributed by atoms with Crippen molar-refractivity contribution in [2.75, 3.05) is 18.5 Å². The van der Waals surface area contributed by atoms with Crippen molar-refractivity contribution in [1.29, 1.82) is 0 Å². The Labute approximate surface area is 124 Å². The monoisotopic (exact) mass is 287 g/mol. The van der Waals surface area contributed by atoms with Gasteiger partial charge in [0.1, 0.15) is 5.75 Å². The molecule has 2 rings (SSSR count). The molecule has 0 atom stereocenters. The van der Waals surface area contributed by atoms with Crippen molar-refractivity contribution in [2.45, 2.75) is 6.42 Å². The van der Waals surface area contributed by atoms with E-state index in [9.17, 15) is 0 Å². The van der Waals surface area contributed by atoms with Gasteiger partial charge in [-0.3, -0.25) is 4.98 Å². The molecular weight excluding hydrogens is 270 g/mol. The second kappa shape index (κ2) is 8.12. The lowest BCUT2D eigenvalue weighted by molar-refractivity contribution is 0.311. The number of aromatic nitrogens is 1. The molecule has 0 aliphatic heterocycles. The van der Waals surface area contributed by atoms with Crippen LogP contribution >= 0.6 is 12.2 Å². The van der Waals surface area contributed by atoms with Crippen LogP contribution in [0.4, 0.5) is 5.69 Å². The molecule has 0 amide bonds. The fourth-order valence-electron chi connectivity index (χ4n) is 1.59. The minimum absolute atomic E-state index is 0.595. The van der Waals surface area contributed by atoms with Crippen LogP contribution in [0.3, 0.4) is 0 Å². The number of thiocarbonyl (C=S) groups is 1. The maximum Gasteiger partial charge on any atom is 0.170 e. The van der Waals surface area contributed by atoms with E-state index in [2.05, 4.69) is 15.6 Å². The van der Waals surface area contributed by atoms with Crippen LogP contribution in [-0.2, 0) is 0 Å². The normalized spacial score (nSPS) is 9.80. The molecule has 0 radical (unpaired) electrons. The summed E-state index contributed by atoms with van der Waals surface area (Å²) in [7, 11) is 0. The molecule has 5 heteroatoms. The van der Waals surface area contributed by atoms with Crippen molar-refractivity contribution in [3.8, 4) is 5.75 Å². The van der Waals surface area contributed by atoms with Gasteiger partial charge in [-0.25, -0.2) is 0 Å². The summed E-state index contributed by atoms with van der Waals surface area (Å²) in [6.07, 6.45) is 4.33. The molecule has 1 aromatic carbocycles. The van der Waals surface area contributed by atoms with E-state index in [1.807, 2.05) is 42.5 Å². The van der Waals surface area contributed by atoms with Gasteiger partial charge in [0.05, 0.1) is 18.5 Å². The molecule has 4 nitrogen and oxygen atoms in total. The zero-order valence-electron chi connectivity index (χ0n) is 11.1. The fourth-order valence-corrected chi connectivity index (χ4v) is 1.81. The van der Waals surface area contributed by atoms with Crippen LogP contribution in [0.1, 0.15) is 6.42 Å². The highest BCUT2D eigenvalue weighted by Crippen LogP contribution is 2.08. The Morgan fingerprint density at radius 3 is 2.75 bits per heavy atom. The number of ether oxygens (including phenoxy) is 1. The van der Waals surface area contributed by atoms with E-state index in [0.717, 1.165) is 24.4 Å². The van der Waals surface area contributed by atoms with Gasteiger partial charge in [-0.1, -0.05) is 18.2 Å². The highest BCUT2D eigenvalue weighted by Gasteiger charge is 1.97. The summed E-state index contributed by atoms with van der Waals surface area (Å²) in [4.78, 5) is 4.01. The summed E-state index contributed by atoms with van der Waals surface area (Å²) in [6, 6.07) is 13.6. The first-order valence-corrected chi connectivity index (χ1v) is 6.88. The fraction of sp³-hybridized carbons (Fsp3) is 0.200. The van der Waals surface area contributed by atoms with Gasteiger partial charge < -0.3 is 15.4 Å². The molecule has 104 valence electrons. The Kier molecular flexibility index (Phi) is 5.79. The zero-order valence-corrected chi connectivity index (χ0v) is 11.9. The van der Waals surface area contributed by atoms with Crippen LogP contribution in [-0.4, -0.2) is 23.2 Å². The van der Waals surface area contributed by atoms with Gasteiger partial charge in [0.15, 0.2) is 5.11 Å². The van der Waals surface area contributed by atoms with Crippen LogP contribution in [0, 0.1) is 0 Å². The van der Waals surface area contributed by atoms with E-state index in [4.69, 9.17) is 17.0 Å². The van der Waals surface area contributed by atoms with E-state index in [1.165, 1.54) is 0 Å². The van der Waals surface area contributed by atoms with Crippen molar-refractivity contribution in [3.63, 3.8) is 0 Å². The van der Waals surface area contributed by atoms with Crippen LogP contribution in [0.25, 0.3) is 0 Å². The number of nitrogens with zero attached hydrogens (tertiary/aromatic N) is 1. The van der Waals surface area contributed by atoms with Gasteiger partial charge in [-0.15, -0.1) is 0 Å². The molecule has 0 fully saturated rings. The van der Waals surface area contributed by atoms with E-state index >= 15 is 0 Å². The summed E-state index contributed by atoms with van der Waals surface area (Å²) < 4.78 is 5.59. The lowest BCUT2D eigenvalue weighted by Gasteiger charge is -2.10. The molecule has 0 unspecified atom stereocenters. The quantitative estimate of drug-likeness (QED) is 0.632. The number of nitrogens with one attached hydrogen (secondary N) is 2. The zero-order chi connectivity index (χ0) is 14.0. The third-order valence-corrected chi connectivity index (χ3v) is 2.78. The number of anilines is 1. The van der Waals surface area contributed by atoms with Crippen LogP contribution in [0.5, 0.6) is 5.75 Å². The predicted molar refractivity (Wildman–Crippen MR) is 85.0 cm³/mol. The second-order valence-electron chi connectivity index (χ2n) is 4.14. The Balaban J connectivity index is 1.58. The van der Waals surface area contributed by atoms with Crippen molar-refractivity contribution >= 4 is 23.0 Å². The highest BCUT2D eigenvalue weighted by molar-refractivity contribution is 7.80. The number of pyridine rings is 1. The van der Waals surface area contributed by atoms with Crippen LogP contribution in [0.2, 0.25) is 0 Å². The number of para-hydroxylation sites is 1. The van der Waals surface area contributed by atoms with E-state index in [1.54, 1.807) is 12.4 Å². The molecular formula is C15H17N3OS. The van der Waals surface area contributed by atoms with Gasteiger partial charge in [0.25, 0.3) is 0 Å². The molecule has 1 heterocycles. The Morgan fingerprint density at radius 1 is 1.15 bits per heavy atom. The number of hydrogen-bond acceptors (Lipinski definition) is 3. The molecule has 0 bridgehead atoms. The molecule has 2 N–H and O–H groups in total. The lowest BCUT2D eigenvalue weighted by atomic mass is 10.3. The first-order chi connectivity index (χ1) is 9.84. The highest BCUT2D eigenvalue weighted by atomic mass is 32.1. The van der Waals surface area contributed by atoms with Crippen molar-refractivity contribution in [3.05, 3.63) is 54.9 Å². The van der Waals surface area contributed by atoms with E-state index in [0.29, 0.717) is 11.7 Å². The molecule has 0 aliphatic rings. The van der Waals surface area contributed by atoms with Gasteiger partial charge >= 0.3 is 0 Å². The molecule has 1 aromatic heterocycles. The lowest BCUT2D eigenvalue weighted by Crippen LogP contribution is -2.30. The number of rotatable bonds is 6. The summed E-state index contributed by atoms with van der Waals surface area (Å²) in [5.74, 6) is 0.892. The third kappa shape index (κ3) is 5.24. The summed E-state index contributed by atoms with van der Waals surface area (Å²) in [5, 5.41) is 6.79. The molecule has 20 heavy (non-hydrogen) atoms. The summed E-state index contributed by atoms with van der Waals surface area (Å²) >= 11 is 5.19. The summed E-state index contributed by atoms with van der Waals surface area (Å²) in [6.45, 7) is 1.42. The van der Waals surface area contributed by atoms with Gasteiger partial charge in [-0.05, 0) is 42.9 Å². The van der Waals surface area contributed by atoms with E-state index in [-0.39, 0.29) is 0 Å². The smallest absolute Gasteiger partial charge is 0.170 e. The third-order valence-electron chi connectivity index (χ3n) is 2.54. The second-order valence-corrected chi connectivity index (χ2v) is 4.55. The maximum atomic E-state index is 5.59. The average Bonchev–Trinajstić information content (AvgIpc) is 2.49. The number of hydrogen-bond donors (Lipinski definition) is 2. The minimum Gasteiger partial charge on any atom is -0.494 e. The molecule has 0 saturated heterocycles. The molecule has 2 aromatic rings. The largest absolute Gasteiger partial charge is 0.494 e.